The molecule has 120 valence electrons. The van der Waals surface area contributed by atoms with Crippen molar-refractivity contribution in [2.75, 3.05) is 6.61 Å². The largest absolute Gasteiger partial charge is 0.395 e. The van der Waals surface area contributed by atoms with E-state index in [1.807, 2.05) is 24.7 Å². The molecule has 0 aliphatic heterocycles. The number of nitrogens with zero attached hydrogens (tertiary/aromatic N) is 3. The molecule has 0 amide bonds. The molecular formula is C18H27N3O. The highest BCUT2D eigenvalue weighted by molar-refractivity contribution is 5.18. The zero-order valence-electron chi connectivity index (χ0n) is 14.0. The Kier molecular flexibility index (Phi) is 5.75. The molecule has 22 heavy (non-hydrogen) atoms. The van der Waals surface area contributed by atoms with Gasteiger partial charge in [0.05, 0.1) is 12.3 Å². The molecule has 0 saturated heterocycles. The number of rotatable bonds is 7. The van der Waals surface area contributed by atoms with Crippen LogP contribution in [0, 0.1) is 12.8 Å². The Balaban J connectivity index is 2.22. The number of aliphatic hydroxyl groups excluding tert-OH is 1. The molecule has 1 aromatic heterocycles. The maximum atomic E-state index is 9.83. The average Bonchev–Trinajstić information content (AvgIpc) is 2.78. The molecule has 1 atom stereocenters. The number of aromatic nitrogens is 2. The van der Waals surface area contributed by atoms with Gasteiger partial charge in [0.25, 0.3) is 0 Å². The minimum absolute atomic E-state index is 0.139. The first-order valence-electron chi connectivity index (χ1n) is 7.89. The molecule has 0 saturated carbocycles. The van der Waals surface area contributed by atoms with Gasteiger partial charge in [-0.25, -0.2) is 0 Å². The maximum Gasteiger partial charge on any atom is 0.0638 e. The van der Waals surface area contributed by atoms with Crippen LogP contribution in [0.15, 0.2) is 36.5 Å². The molecular weight excluding hydrogens is 274 g/mol. The van der Waals surface area contributed by atoms with Crippen LogP contribution in [0.1, 0.15) is 30.7 Å². The number of aliphatic hydroxyl groups is 1. The summed E-state index contributed by atoms with van der Waals surface area (Å²) in [4.78, 5) is 2.35. The van der Waals surface area contributed by atoms with Gasteiger partial charge in [-0.2, -0.15) is 5.10 Å². The van der Waals surface area contributed by atoms with Crippen LogP contribution in [0.2, 0.25) is 0 Å². The first-order chi connectivity index (χ1) is 10.5. The first kappa shape index (κ1) is 16.7. The van der Waals surface area contributed by atoms with E-state index in [9.17, 15) is 5.11 Å². The standard InChI is InChI=1S/C18H27N3O/c1-14(2)18(13-22)21(10-16-8-6-5-7-9-16)12-17-11-20(4)19-15(17)3/h5-9,11,14,18,22H,10,12-13H2,1-4H3. The van der Waals surface area contributed by atoms with Gasteiger partial charge in [0.15, 0.2) is 0 Å². The summed E-state index contributed by atoms with van der Waals surface area (Å²) in [5.74, 6) is 0.394. The predicted octanol–water partition coefficient (Wildman–Crippen LogP) is 2.75. The molecule has 0 fully saturated rings. The van der Waals surface area contributed by atoms with Crippen LogP contribution in [0.25, 0.3) is 0 Å². The molecule has 4 heteroatoms. The molecule has 4 nitrogen and oxygen atoms in total. The fourth-order valence-corrected chi connectivity index (χ4v) is 2.88. The Hall–Kier alpha value is -1.65. The van der Waals surface area contributed by atoms with Crippen molar-refractivity contribution in [2.24, 2.45) is 13.0 Å². The van der Waals surface area contributed by atoms with Crippen molar-refractivity contribution in [2.45, 2.75) is 39.9 Å². The van der Waals surface area contributed by atoms with Gasteiger partial charge in [0, 0.05) is 37.9 Å². The Bertz CT molecular complexity index is 577. The van der Waals surface area contributed by atoms with E-state index in [4.69, 9.17) is 0 Å². The second-order valence-electron chi connectivity index (χ2n) is 6.30. The predicted molar refractivity (Wildman–Crippen MR) is 89.3 cm³/mol. The van der Waals surface area contributed by atoms with Gasteiger partial charge in [0.1, 0.15) is 0 Å². The van der Waals surface area contributed by atoms with Gasteiger partial charge in [0.2, 0.25) is 0 Å². The molecule has 1 N–H and O–H groups in total. The summed E-state index contributed by atoms with van der Waals surface area (Å²) < 4.78 is 1.86. The van der Waals surface area contributed by atoms with E-state index < -0.39 is 0 Å². The monoisotopic (exact) mass is 301 g/mol. The molecule has 1 heterocycles. The van der Waals surface area contributed by atoms with Gasteiger partial charge in [-0.3, -0.25) is 9.58 Å². The zero-order valence-corrected chi connectivity index (χ0v) is 14.0. The van der Waals surface area contributed by atoms with Crippen LogP contribution in [0.4, 0.5) is 0 Å². The lowest BCUT2D eigenvalue weighted by Gasteiger charge is -2.33. The van der Waals surface area contributed by atoms with E-state index in [2.05, 4.69) is 54.3 Å². The lowest BCUT2D eigenvalue weighted by Crippen LogP contribution is -2.40. The highest BCUT2D eigenvalue weighted by Crippen LogP contribution is 2.19. The third-order valence-electron chi connectivity index (χ3n) is 4.14. The van der Waals surface area contributed by atoms with E-state index in [-0.39, 0.29) is 12.6 Å². The number of aryl methyl sites for hydroxylation is 2. The summed E-state index contributed by atoms with van der Waals surface area (Å²) in [5, 5.41) is 14.3. The zero-order chi connectivity index (χ0) is 16.1. The van der Waals surface area contributed by atoms with E-state index in [0.717, 1.165) is 18.8 Å². The number of benzene rings is 1. The summed E-state index contributed by atoms with van der Waals surface area (Å²) in [7, 11) is 1.95. The van der Waals surface area contributed by atoms with Crippen molar-refractivity contribution in [1.29, 1.82) is 0 Å². The van der Waals surface area contributed by atoms with Crippen LogP contribution in [-0.2, 0) is 20.1 Å². The molecule has 0 spiro atoms. The van der Waals surface area contributed by atoms with Crippen molar-refractivity contribution in [3.05, 3.63) is 53.3 Å². The van der Waals surface area contributed by atoms with Crippen molar-refractivity contribution in [3.8, 4) is 0 Å². The fraction of sp³-hybridized carbons (Fsp3) is 0.500. The van der Waals surface area contributed by atoms with Crippen LogP contribution >= 0.6 is 0 Å². The Labute approximate surface area is 133 Å². The number of hydrogen-bond acceptors (Lipinski definition) is 3. The third kappa shape index (κ3) is 4.18. The van der Waals surface area contributed by atoms with Crippen LogP contribution in [0.3, 0.4) is 0 Å². The molecule has 0 radical (unpaired) electrons. The molecule has 0 bridgehead atoms. The first-order valence-corrected chi connectivity index (χ1v) is 7.89. The Morgan fingerprint density at radius 3 is 2.36 bits per heavy atom. The lowest BCUT2D eigenvalue weighted by molar-refractivity contribution is 0.0783. The topological polar surface area (TPSA) is 41.3 Å². The second kappa shape index (κ2) is 7.56. The maximum absolute atomic E-state index is 9.83. The lowest BCUT2D eigenvalue weighted by atomic mass is 10.0. The Morgan fingerprint density at radius 2 is 1.86 bits per heavy atom. The van der Waals surface area contributed by atoms with Gasteiger partial charge in [-0.15, -0.1) is 0 Å². The fourth-order valence-electron chi connectivity index (χ4n) is 2.88. The van der Waals surface area contributed by atoms with Crippen molar-refractivity contribution >= 4 is 0 Å². The SMILES string of the molecule is Cc1nn(C)cc1CN(Cc1ccccc1)C(CO)C(C)C. The smallest absolute Gasteiger partial charge is 0.0638 e. The van der Waals surface area contributed by atoms with E-state index in [1.165, 1.54) is 11.1 Å². The highest BCUT2D eigenvalue weighted by Gasteiger charge is 2.22. The third-order valence-corrected chi connectivity index (χ3v) is 4.14. The molecule has 1 aromatic carbocycles. The van der Waals surface area contributed by atoms with E-state index in [0.29, 0.717) is 5.92 Å². The minimum atomic E-state index is 0.139. The van der Waals surface area contributed by atoms with Gasteiger partial charge in [-0.05, 0) is 18.4 Å². The van der Waals surface area contributed by atoms with Gasteiger partial charge < -0.3 is 5.11 Å². The van der Waals surface area contributed by atoms with Crippen LogP contribution in [0.5, 0.6) is 0 Å². The van der Waals surface area contributed by atoms with Crippen molar-refractivity contribution in [1.82, 2.24) is 14.7 Å². The van der Waals surface area contributed by atoms with E-state index in [1.54, 1.807) is 0 Å². The molecule has 1 unspecified atom stereocenters. The van der Waals surface area contributed by atoms with Crippen molar-refractivity contribution < 1.29 is 5.11 Å². The molecule has 0 aliphatic carbocycles. The quantitative estimate of drug-likeness (QED) is 0.855. The summed E-state index contributed by atoms with van der Waals surface area (Å²) in [6, 6.07) is 10.6. The molecule has 0 aliphatic rings. The number of hydrogen-bond donors (Lipinski definition) is 1. The highest BCUT2D eigenvalue weighted by atomic mass is 16.3. The van der Waals surface area contributed by atoms with Crippen molar-refractivity contribution in [3.63, 3.8) is 0 Å². The molecule has 2 aromatic rings. The minimum Gasteiger partial charge on any atom is -0.395 e. The van der Waals surface area contributed by atoms with Gasteiger partial charge in [-0.1, -0.05) is 44.2 Å². The molecule has 2 rings (SSSR count). The Morgan fingerprint density at radius 1 is 1.18 bits per heavy atom. The van der Waals surface area contributed by atoms with E-state index >= 15 is 0 Å². The summed E-state index contributed by atoms with van der Waals surface area (Å²) in [6.45, 7) is 8.17. The van der Waals surface area contributed by atoms with Gasteiger partial charge >= 0.3 is 0 Å². The second-order valence-corrected chi connectivity index (χ2v) is 6.30. The average molecular weight is 301 g/mol. The summed E-state index contributed by atoms with van der Waals surface area (Å²) >= 11 is 0. The van der Waals surface area contributed by atoms with Crippen LogP contribution < -0.4 is 0 Å². The summed E-state index contributed by atoms with van der Waals surface area (Å²) in [6.07, 6.45) is 2.07. The normalized spacial score (nSPS) is 13.0. The van der Waals surface area contributed by atoms with Crippen LogP contribution in [-0.4, -0.2) is 32.4 Å². The summed E-state index contributed by atoms with van der Waals surface area (Å²) in [5.41, 5.74) is 3.54.